The fourth-order valence-electron chi connectivity index (χ4n) is 2.84. The highest BCUT2D eigenvalue weighted by molar-refractivity contribution is 5.78. The third-order valence-corrected chi connectivity index (χ3v) is 4.08. The predicted octanol–water partition coefficient (Wildman–Crippen LogP) is 1.94. The number of rotatable bonds is 3. The Morgan fingerprint density at radius 2 is 2.35 bits per heavy atom. The molecule has 0 aromatic carbocycles. The van der Waals surface area contributed by atoms with Crippen LogP contribution in [0.4, 0.5) is 0 Å². The smallest absolute Gasteiger partial charge is 0.157 e. The third kappa shape index (κ3) is 2.55. The topological polar surface area (TPSA) is 52.0 Å². The van der Waals surface area contributed by atoms with Crippen LogP contribution in [0.5, 0.6) is 0 Å². The number of hydrogen-bond acceptors (Lipinski definition) is 4. The van der Waals surface area contributed by atoms with Crippen LogP contribution in [0.15, 0.2) is 12.3 Å². The van der Waals surface area contributed by atoms with Gasteiger partial charge in [-0.1, -0.05) is 0 Å². The number of nitrogens with zero attached hydrogens (tertiary/aromatic N) is 3. The van der Waals surface area contributed by atoms with Gasteiger partial charge in [-0.15, -0.1) is 0 Å². The molecule has 0 bridgehead atoms. The van der Waals surface area contributed by atoms with Gasteiger partial charge in [0.2, 0.25) is 0 Å². The zero-order chi connectivity index (χ0) is 14.2. The lowest BCUT2D eigenvalue weighted by atomic mass is 9.94. The van der Waals surface area contributed by atoms with Gasteiger partial charge in [-0.2, -0.15) is 5.10 Å². The number of aryl methyl sites for hydroxylation is 2. The molecule has 1 atom stereocenters. The van der Waals surface area contributed by atoms with Crippen LogP contribution in [0, 0.1) is 6.92 Å². The Hall–Kier alpha value is -1.46. The van der Waals surface area contributed by atoms with Crippen LogP contribution in [-0.2, 0) is 18.3 Å². The molecule has 2 aromatic heterocycles. The van der Waals surface area contributed by atoms with Crippen molar-refractivity contribution in [1.29, 1.82) is 0 Å². The summed E-state index contributed by atoms with van der Waals surface area (Å²) in [6.45, 7) is 6.75. The van der Waals surface area contributed by atoms with Gasteiger partial charge in [-0.3, -0.25) is 4.68 Å². The Labute approximate surface area is 119 Å². The summed E-state index contributed by atoms with van der Waals surface area (Å²) in [6.07, 6.45) is 4.22. The van der Waals surface area contributed by atoms with Crippen molar-refractivity contribution in [3.63, 3.8) is 0 Å². The molecule has 0 amide bonds. The zero-order valence-electron chi connectivity index (χ0n) is 12.4. The van der Waals surface area contributed by atoms with Crippen molar-refractivity contribution in [2.45, 2.75) is 38.8 Å². The standard InChI is InChI=1S/C15H22N4O/c1-11-13-7-12(8-16-14(13)19(3)18-11)9-17-15(2)5-4-6-20-10-15/h7-8,17H,4-6,9-10H2,1-3H3. The second-order valence-electron chi connectivity index (χ2n) is 5.99. The van der Waals surface area contributed by atoms with E-state index in [2.05, 4.69) is 28.4 Å². The lowest BCUT2D eigenvalue weighted by molar-refractivity contribution is 0.0278. The molecule has 0 aliphatic carbocycles. The molecule has 1 N–H and O–H groups in total. The summed E-state index contributed by atoms with van der Waals surface area (Å²) in [5.41, 5.74) is 3.25. The Morgan fingerprint density at radius 3 is 3.10 bits per heavy atom. The molecule has 2 aromatic rings. The molecular formula is C15H22N4O. The van der Waals surface area contributed by atoms with Crippen molar-refractivity contribution in [3.05, 3.63) is 23.5 Å². The maximum atomic E-state index is 5.57. The van der Waals surface area contributed by atoms with Crippen LogP contribution >= 0.6 is 0 Å². The molecule has 1 fully saturated rings. The lowest BCUT2D eigenvalue weighted by Crippen LogP contribution is -2.48. The van der Waals surface area contributed by atoms with Gasteiger partial charge in [0.25, 0.3) is 0 Å². The fraction of sp³-hybridized carbons (Fsp3) is 0.600. The van der Waals surface area contributed by atoms with E-state index in [0.717, 1.165) is 49.3 Å². The van der Waals surface area contributed by atoms with Gasteiger partial charge in [0.1, 0.15) is 0 Å². The number of fused-ring (bicyclic) bond motifs is 1. The van der Waals surface area contributed by atoms with Crippen LogP contribution in [0.2, 0.25) is 0 Å². The molecular weight excluding hydrogens is 252 g/mol. The normalized spacial score (nSPS) is 23.4. The highest BCUT2D eigenvalue weighted by Crippen LogP contribution is 2.20. The summed E-state index contributed by atoms with van der Waals surface area (Å²) in [5, 5.41) is 9.16. The molecule has 5 heteroatoms. The summed E-state index contributed by atoms with van der Waals surface area (Å²) < 4.78 is 7.41. The molecule has 0 saturated carbocycles. The Morgan fingerprint density at radius 1 is 1.50 bits per heavy atom. The second kappa shape index (κ2) is 5.14. The monoisotopic (exact) mass is 274 g/mol. The molecule has 3 heterocycles. The lowest BCUT2D eigenvalue weighted by Gasteiger charge is -2.34. The maximum Gasteiger partial charge on any atom is 0.157 e. The van der Waals surface area contributed by atoms with Gasteiger partial charge in [-0.25, -0.2) is 4.98 Å². The van der Waals surface area contributed by atoms with Crippen molar-refractivity contribution in [1.82, 2.24) is 20.1 Å². The molecule has 5 nitrogen and oxygen atoms in total. The molecule has 1 aliphatic rings. The van der Waals surface area contributed by atoms with Gasteiger partial charge in [0.15, 0.2) is 5.65 Å². The average molecular weight is 274 g/mol. The Balaban J connectivity index is 1.76. The maximum absolute atomic E-state index is 5.57. The highest BCUT2D eigenvalue weighted by Gasteiger charge is 2.26. The van der Waals surface area contributed by atoms with Gasteiger partial charge >= 0.3 is 0 Å². The van der Waals surface area contributed by atoms with Gasteiger partial charge in [0, 0.05) is 37.3 Å². The van der Waals surface area contributed by atoms with E-state index >= 15 is 0 Å². The summed E-state index contributed by atoms with van der Waals surface area (Å²) in [7, 11) is 1.93. The highest BCUT2D eigenvalue weighted by atomic mass is 16.5. The predicted molar refractivity (Wildman–Crippen MR) is 78.5 cm³/mol. The van der Waals surface area contributed by atoms with Crippen LogP contribution in [0.3, 0.4) is 0 Å². The molecule has 20 heavy (non-hydrogen) atoms. The van der Waals surface area contributed by atoms with E-state index in [1.54, 1.807) is 0 Å². The third-order valence-electron chi connectivity index (χ3n) is 4.08. The van der Waals surface area contributed by atoms with E-state index in [4.69, 9.17) is 4.74 Å². The molecule has 1 unspecified atom stereocenters. The quantitative estimate of drug-likeness (QED) is 0.929. The number of hydrogen-bond donors (Lipinski definition) is 1. The minimum Gasteiger partial charge on any atom is -0.380 e. The van der Waals surface area contributed by atoms with E-state index in [9.17, 15) is 0 Å². The van der Waals surface area contributed by atoms with E-state index in [1.807, 2.05) is 24.9 Å². The minimum absolute atomic E-state index is 0.0805. The zero-order valence-corrected chi connectivity index (χ0v) is 12.4. The van der Waals surface area contributed by atoms with Crippen molar-refractivity contribution < 1.29 is 4.74 Å². The molecule has 1 aliphatic heterocycles. The summed E-state index contributed by atoms with van der Waals surface area (Å²) in [4.78, 5) is 4.52. The molecule has 0 spiro atoms. The summed E-state index contributed by atoms with van der Waals surface area (Å²) in [5.74, 6) is 0. The first-order valence-electron chi connectivity index (χ1n) is 7.18. The largest absolute Gasteiger partial charge is 0.380 e. The summed E-state index contributed by atoms with van der Waals surface area (Å²) >= 11 is 0. The average Bonchev–Trinajstić information content (AvgIpc) is 2.73. The van der Waals surface area contributed by atoms with Crippen molar-refractivity contribution >= 4 is 11.0 Å². The second-order valence-corrected chi connectivity index (χ2v) is 5.99. The van der Waals surface area contributed by atoms with E-state index in [1.165, 1.54) is 5.56 Å². The van der Waals surface area contributed by atoms with Crippen LogP contribution in [0.1, 0.15) is 31.0 Å². The van der Waals surface area contributed by atoms with Gasteiger partial charge in [0.05, 0.1) is 12.3 Å². The van der Waals surface area contributed by atoms with Crippen LogP contribution in [-0.4, -0.2) is 33.5 Å². The van der Waals surface area contributed by atoms with Crippen molar-refractivity contribution in [2.24, 2.45) is 7.05 Å². The van der Waals surface area contributed by atoms with Gasteiger partial charge < -0.3 is 10.1 Å². The number of aromatic nitrogens is 3. The fourth-order valence-corrected chi connectivity index (χ4v) is 2.84. The number of pyridine rings is 1. The number of ether oxygens (including phenoxy) is 1. The Bertz CT molecular complexity index is 614. The molecule has 3 rings (SSSR count). The van der Waals surface area contributed by atoms with Crippen LogP contribution < -0.4 is 5.32 Å². The van der Waals surface area contributed by atoms with Gasteiger partial charge in [-0.05, 0) is 38.3 Å². The first kappa shape index (κ1) is 13.5. The minimum atomic E-state index is 0.0805. The van der Waals surface area contributed by atoms with Crippen molar-refractivity contribution in [2.75, 3.05) is 13.2 Å². The number of nitrogens with one attached hydrogen (secondary N) is 1. The van der Waals surface area contributed by atoms with Crippen molar-refractivity contribution in [3.8, 4) is 0 Å². The molecule has 1 saturated heterocycles. The first-order chi connectivity index (χ1) is 9.57. The van der Waals surface area contributed by atoms with E-state index in [0.29, 0.717) is 0 Å². The van der Waals surface area contributed by atoms with E-state index < -0.39 is 0 Å². The summed E-state index contributed by atoms with van der Waals surface area (Å²) in [6, 6.07) is 2.19. The molecule has 108 valence electrons. The van der Waals surface area contributed by atoms with E-state index in [-0.39, 0.29) is 5.54 Å². The first-order valence-corrected chi connectivity index (χ1v) is 7.18. The SMILES string of the molecule is Cc1nn(C)c2ncc(CNC3(C)CCCOC3)cc12. The Kier molecular flexibility index (Phi) is 3.48. The molecule has 0 radical (unpaired) electrons. The van der Waals surface area contributed by atoms with Crippen LogP contribution in [0.25, 0.3) is 11.0 Å².